The van der Waals surface area contributed by atoms with Gasteiger partial charge in [-0.1, -0.05) is 18.2 Å². The maximum Gasteiger partial charge on any atom is 0.251 e. The molecule has 32 heavy (non-hydrogen) atoms. The fraction of sp³-hybridized carbons (Fsp3) is 0.348. The van der Waals surface area contributed by atoms with E-state index in [1.807, 2.05) is 35.3 Å². The van der Waals surface area contributed by atoms with Gasteiger partial charge in [0.2, 0.25) is 12.7 Å². The maximum atomic E-state index is 13.3. The normalized spacial score (nSPS) is 22.1. The fourth-order valence-corrected chi connectivity index (χ4v) is 4.11. The van der Waals surface area contributed by atoms with Gasteiger partial charge in [0, 0.05) is 19.3 Å². The Labute approximate surface area is 185 Å². The lowest BCUT2D eigenvalue weighted by atomic mass is 10.0. The van der Waals surface area contributed by atoms with Crippen LogP contribution in [0.1, 0.15) is 41.3 Å². The number of pyridine rings is 1. The van der Waals surface area contributed by atoms with Crippen LogP contribution >= 0.6 is 0 Å². The number of piperidine rings is 1. The highest BCUT2D eigenvalue weighted by Crippen LogP contribution is 2.37. The largest absolute Gasteiger partial charge is 0.454 e. The molecule has 2 unspecified atom stereocenters. The number of benzene rings is 1. The maximum absolute atomic E-state index is 13.3. The molecule has 166 valence electrons. The van der Waals surface area contributed by atoms with E-state index < -0.39 is 18.1 Å². The number of hydroxylamine groups is 1. The van der Waals surface area contributed by atoms with Crippen molar-refractivity contribution in [2.45, 2.75) is 31.4 Å². The van der Waals surface area contributed by atoms with Crippen molar-refractivity contribution in [3.63, 3.8) is 0 Å². The summed E-state index contributed by atoms with van der Waals surface area (Å²) in [5.74, 6) is 1.16. The molecule has 4 heterocycles. The number of likely N-dealkylation sites (tertiary alicyclic amines) is 1. The molecule has 2 aromatic rings. The SMILES string of the molecule is NC(=O)c1ccc(N2OC(c3ccc4c(c3)OCO4)C=CC2C(=O)N2CCCCC2)nc1. The first-order chi connectivity index (χ1) is 15.6. The summed E-state index contributed by atoms with van der Waals surface area (Å²) in [5, 5.41) is 1.51. The molecule has 5 rings (SSSR count). The predicted molar refractivity (Wildman–Crippen MR) is 115 cm³/mol. The number of hydrogen-bond acceptors (Lipinski definition) is 7. The van der Waals surface area contributed by atoms with E-state index in [1.165, 1.54) is 11.3 Å². The minimum absolute atomic E-state index is 0.0362. The van der Waals surface area contributed by atoms with Crippen LogP contribution in [-0.2, 0) is 9.63 Å². The smallest absolute Gasteiger partial charge is 0.251 e. The summed E-state index contributed by atoms with van der Waals surface area (Å²) in [6.07, 6.45) is 7.78. The summed E-state index contributed by atoms with van der Waals surface area (Å²) in [6.45, 7) is 1.65. The summed E-state index contributed by atoms with van der Waals surface area (Å²) < 4.78 is 10.9. The highest BCUT2D eigenvalue weighted by atomic mass is 16.7. The van der Waals surface area contributed by atoms with Crippen molar-refractivity contribution in [1.82, 2.24) is 9.88 Å². The zero-order valence-electron chi connectivity index (χ0n) is 17.5. The Balaban J connectivity index is 1.46. The summed E-state index contributed by atoms with van der Waals surface area (Å²) in [7, 11) is 0. The number of primary amides is 1. The molecule has 2 amide bonds. The number of aromatic nitrogens is 1. The Hall–Kier alpha value is -3.59. The van der Waals surface area contributed by atoms with Gasteiger partial charge in [-0.05, 0) is 49.1 Å². The van der Waals surface area contributed by atoms with Gasteiger partial charge in [-0.25, -0.2) is 10.0 Å². The predicted octanol–water partition coefficient (Wildman–Crippen LogP) is 2.34. The van der Waals surface area contributed by atoms with E-state index in [4.69, 9.17) is 20.0 Å². The highest BCUT2D eigenvalue weighted by Gasteiger charge is 2.35. The van der Waals surface area contributed by atoms with E-state index in [1.54, 1.807) is 12.1 Å². The van der Waals surface area contributed by atoms with E-state index in [-0.39, 0.29) is 18.3 Å². The Morgan fingerprint density at radius 2 is 1.81 bits per heavy atom. The lowest BCUT2D eigenvalue weighted by Gasteiger charge is -2.38. The van der Waals surface area contributed by atoms with Gasteiger partial charge < -0.3 is 20.1 Å². The number of rotatable bonds is 4. The number of hydrogen-bond donors (Lipinski definition) is 1. The number of nitrogens with zero attached hydrogens (tertiary/aromatic N) is 3. The molecule has 1 fully saturated rings. The first-order valence-corrected chi connectivity index (χ1v) is 10.7. The van der Waals surface area contributed by atoms with Crippen molar-refractivity contribution in [3.05, 3.63) is 59.8 Å². The number of carbonyl (C=O) groups excluding carboxylic acids is 2. The van der Waals surface area contributed by atoms with Crippen LogP contribution in [0.5, 0.6) is 11.5 Å². The van der Waals surface area contributed by atoms with Crippen LogP contribution in [0.15, 0.2) is 48.7 Å². The molecule has 0 radical (unpaired) electrons. The van der Waals surface area contributed by atoms with Gasteiger partial charge in [-0.3, -0.25) is 14.4 Å². The number of nitrogens with two attached hydrogens (primary N) is 1. The molecule has 1 aromatic heterocycles. The molecule has 3 aliphatic heterocycles. The van der Waals surface area contributed by atoms with Crippen LogP contribution in [0.2, 0.25) is 0 Å². The zero-order valence-corrected chi connectivity index (χ0v) is 17.5. The van der Waals surface area contributed by atoms with Crippen LogP contribution in [0, 0.1) is 0 Å². The van der Waals surface area contributed by atoms with Crippen LogP contribution in [-0.4, -0.2) is 47.6 Å². The standard InChI is InChI=1S/C23H24N4O5/c24-22(28)16-5-9-21(25-13-16)27-17(23(29)26-10-2-1-3-11-26)6-8-18(32-27)15-4-7-19-20(12-15)31-14-30-19/h4-9,12-13,17-18H,1-3,10-11,14H2,(H2,24,28). The van der Waals surface area contributed by atoms with Crippen LogP contribution in [0.4, 0.5) is 5.82 Å². The molecule has 2 atom stereocenters. The van der Waals surface area contributed by atoms with Gasteiger partial charge >= 0.3 is 0 Å². The number of ether oxygens (including phenoxy) is 2. The summed E-state index contributed by atoms with van der Waals surface area (Å²) >= 11 is 0. The molecule has 9 heteroatoms. The van der Waals surface area contributed by atoms with Crippen LogP contribution in [0.3, 0.4) is 0 Å². The molecule has 0 bridgehead atoms. The third kappa shape index (κ3) is 3.87. The van der Waals surface area contributed by atoms with E-state index in [9.17, 15) is 9.59 Å². The van der Waals surface area contributed by atoms with Crippen molar-refractivity contribution >= 4 is 17.6 Å². The summed E-state index contributed by atoms with van der Waals surface area (Å²) in [6, 6.07) is 8.15. The first-order valence-electron chi connectivity index (χ1n) is 10.7. The number of amides is 2. The molecule has 9 nitrogen and oxygen atoms in total. The third-order valence-corrected chi connectivity index (χ3v) is 5.85. The molecule has 1 aromatic carbocycles. The lowest BCUT2D eigenvalue weighted by molar-refractivity contribution is -0.135. The third-order valence-electron chi connectivity index (χ3n) is 5.85. The summed E-state index contributed by atoms with van der Waals surface area (Å²) in [4.78, 5) is 37.2. The van der Waals surface area contributed by atoms with Crippen molar-refractivity contribution in [2.24, 2.45) is 5.73 Å². The van der Waals surface area contributed by atoms with Gasteiger partial charge in [0.15, 0.2) is 23.4 Å². The molecule has 0 spiro atoms. The first kappa shape index (κ1) is 20.3. The Morgan fingerprint density at radius 1 is 1.00 bits per heavy atom. The molecule has 0 saturated carbocycles. The van der Waals surface area contributed by atoms with Crippen molar-refractivity contribution < 1.29 is 23.9 Å². The van der Waals surface area contributed by atoms with E-state index in [2.05, 4.69) is 4.98 Å². The van der Waals surface area contributed by atoms with Crippen LogP contribution in [0.25, 0.3) is 0 Å². The lowest BCUT2D eigenvalue weighted by Crippen LogP contribution is -2.51. The Kier molecular flexibility index (Phi) is 5.40. The Bertz CT molecular complexity index is 1050. The second-order valence-electron chi connectivity index (χ2n) is 7.95. The Morgan fingerprint density at radius 3 is 2.56 bits per heavy atom. The molecule has 0 aliphatic carbocycles. The topological polar surface area (TPSA) is 107 Å². The minimum Gasteiger partial charge on any atom is -0.454 e. The number of carbonyl (C=O) groups is 2. The van der Waals surface area contributed by atoms with Gasteiger partial charge in [-0.15, -0.1) is 0 Å². The van der Waals surface area contributed by atoms with Crippen molar-refractivity contribution in [3.8, 4) is 11.5 Å². The van der Waals surface area contributed by atoms with Gasteiger partial charge in [0.25, 0.3) is 5.91 Å². The quantitative estimate of drug-likeness (QED) is 0.733. The average Bonchev–Trinajstić information content (AvgIpc) is 3.32. The molecular weight excluding hydrogens is 412 g/mol. The molecular formula is C23H24N4O5. The van der Waals surface area contributed by atoms with E-state index in [0.29, 0.717) is 17.3 Å². The zero-order chi connectivity index (χ0) is 22.1. The average molecular weight is 436 g/mol. The monoisotopic (exact) mass is 436 g/mol. The number of fused-ring (bicyclic) bond motifs is 1. The van der Waals surface area contributed by atoms with Crippen molar-refractivity contribution in [2.75, 3.05) is 24.9 Å². The van der Waals surface area contributed by atoms with Gasteiger partial charge in [-0.2, -0.15) is 0 Å². The minimum atomic E-state index is -0.662. The molecule has 1 saturated heterocycles. The van der Waals surface area contributed by atoms with Crippen LogP contribution < -0.4 is 20.3 Å². The molecule has 2 N–H and O–H groups in total. The summed E-state index contributed by atoms with van der Waals surface area (Å²) in [5.41, 5.74) is 6.48. The second kappa shape index (κ2) is 8.51. The second-order valence-corrected chi connectivity index (χ2v) is 7.95. The van der Waals surface area contributed by atoms with Gasteiger partial charge in [0.1, 0.15) is 6.10 Å². The van der Waals surface area contributed by atoms with E-state index in [0.717, 1.165) is 37.9 Å². The van der Waals surface area contributed by atoms with Gasteiger partial charge in [0.05, 0.1) is 5.56 Å². The van der Waals surface area contributed by atoms with E-state index >= 15 is 0 Å². The highest BCUT2D eigenvalue weighted by molar-refractivity contribution is 5.92. The van der Waals surface area contributed by atoms with Crippen molar-refractivity contribution in [1.29, 1.82) is 0 Å². The molecule has 3 aliphatic rings. The number of anilines is 1. The fourth-order valence-electron chi connectivity index (χ4n) is 4.11.